The number of fused-ring (bicyclic) bond motifs is 1. The van der Waals surface area contributed by atoms with Crippen molar-refractivity contribution in [3.05, 3.63) is 47.9 Å². The SMILES string of the molecule is Cc1cc(Nc2ncc3ccc(N)nc3n2)ccc1F. The lowest BCUT2D eigenvalue weighted by Crippen LogP contribution is -1.99. The molecule has 0 amide bonds. The van der Waals surface area contributed by atoms with Gasteiger partial charge in [0.15, 0.2) is 5.65 Å². The molecule has 100 valence electrons. The number of aryl methyl sites for hydroxylation is 1. The third-order valence-corrected chi connectivity index (χ3v) is 2.88. The zero-order valence-electron chi connectivity index (χ0n) is 10.8. The predicted octanol–water partition coefficient (Wildman–Crippen LogP) is 2.80. The highest BCUT2D eigenvalue weighted by Crippen LogP contribution is 2.18. The normalized spacial score (nSPS) is 10.7. The molecule has 3 rings (SSSR count). The van der Waals surface area contributed by atoms with Gasteiger partial charge in [-0.2, -0.15) is 4.98 Å². The second-order valence-electron chi connectivity index (χ2n) is 4.43. The topological polar surface area (TPSA) is 76.7 Å². The molecule has 0 spiro atoms. The molecule has 0 radical (unpaired) electrons. The molecule has 0 saturated heterocycles. The lowest BCUT2D eigenvalue weighted by Gasteiger charge is -2.06. The Morgan fingerprint density at radius 1 is 1.15 bits per heavy atom. The number of benzene rings is 1. The van der Waals surface area contributed by atoms with Crippen LogP contribution in [0.2, 0.25) is 0 Å². The highest BCUT2D eigenvalue weighted by Gasteiger charge is 2.04. The Hall–Kier alpha value is -2.76. The third kappa shape index (κ3) is 2.35. The van der Waals surface area contributed by atoms with Crippen molar-refractivity contribution < 1.29 is 4.39 Å². The summed E-state index contributed by atoms with van der Waals surface area (Å²) in [4.78, 5) is 12.6. The summed E-state index contributed by atoms with van der Waals surface area (Å²) < 4.78 is 13.2. The number of nitrogens with one attached hydrogen (secondary N) is 1. The Kier molecular flexibility index (Phi) is 2.90. The van der Waals surface area contributed by atoms with E-state index in [1.54, 1.807) is 31.3 Å². The second-order valence-corrected chi connectivity index (χ2v) is 4.43. The average molecular weight is 269 g/mol. The van der Waals surface area contributed by atoms with Crippen LogP contribution in [0.3, 0.4) is 0 Å². The molecule has 3 N–H and O–H groups in total. The van der Waals surface area contributed by atoms with Gasteiger partial charge in [0.2, 0.25) is 5.95 Å². The average Bonchev–Trinajstić information content (AvgIpc) is 2.42. The van der Waals surface area contributed by atoms with Gasteiger partial charge in [-0.25, -0.2) is 14.4 Å². The molecule has 0 unspecified atom stereocenters. The van der Waals surface area contributed by atoms with Crippen LogP contribution in [0.5, 0.6) is 0 Å². The number of pyridine rings is 1. The highest BCUT2D eigenvalue weighted by molar-refractivity contribution is 5.76. The fraction of sp³-hybridized carbons (Fsp3) is 0.0714. The van der Waals surface area contributed by atoms with Crippen molar-refractivity contribution in [2.24, 2.45) is 0 Å². The van der Waals surface area contributed by atoms with Gasteiger partial charge < -0.3 is 11.1 Å². The van der Waals surface area contributed by atoms with Gasteiger partial charge in [-0.05, 0) is 42.8 Å². The summed E-state index contributed by atoms with van der Waals surface area (Å²) in [6.07, 6.45) is 1.66. The predicted molar refractivity (Wildman–Crippen MR) is 76.2 cm³/mol. The fourth-order valence-electron chi connectivity index (χ4n) is 1.84. The van der Waals surface area contributed by atoms with Crippen molar-refractivity contribution in [2.45, 2.75) is 6.92 Å². The molecule has 0 aliphatic heterocycles. The summed E-state index contributed by atoms with van der Waals surface area (Å²) in [5.41, 5.74) is 7.41. The van der Waals surface area contributed by atoms with E-state index in [2.05, 4.69) is 20.3 Å². The molecule has 0 aliphatic rings. The summed E-state index contributed by atoms with van der Waals surface area (Å²) in [6, 6.07) is 8.22. The van der Waals surface area contributed by atoms with E-state index in [0.717, 1.165) is 5.39 Å². The van der Waals surface area contributed by atoms with E-state index in [9.17, 15) is 4.39 Å². The maximum Gasteiger partial charge on any atom is 0.229 e. The smallest absolute Gasteiger partial charge is 0.229 e. The highest BCUT2D eigenvalue weighted by atomic mass is 19.1. The van der Waals surface area contributed by atoms with Crippen molar-refractivity contribution in [3.8, 4) is 0 Å². The minimum Gasteiger partial charge on any atom is -0.384 e. The zero-order chi connectivity index (χ0) is 14.1. The summed E-state index contributed by atoms with van der Waals surface area (Å²) in [5.74, 6) is 0.547. The van der Waals surface area contributed by atoms with Crippen LogP contribution in [-0.2, 0) is 0 Å². The Labute approximate surface area is 114 Å². The van der Waals surface area contributed by atoms with Gasteiger partial charge in [-0.3, -0.25) is 0 Å². The summed E-state index contributed by atoms with van der Waals surface area (Å²) in [6.45, 7) is 1.70. The van der Waals surface area contributed by atoms with E-state index < -0.39 is 0 Å². The summed E-state index contributed by atoms with van der Waals surface area (Å²) >= 11 is 0. The lowest BCUT2D eigenvalue weighted by molar-refractivity contribution is 0.619. The van der Waals surface area contributed by atoms with Crippen molar-refractivity contribution in [1.29, 1.82) is 0 Å². The fourth-order valence-corrected chi connectivity index (χ4v) is 1.84. The number of hydrogen-bond donors (Lipinski definition) is 2. The van der Waals surface area contributed by atoms with Crippen molar-refractivity contribution in [2.75, 3.05) is 11.1 Å². The lowest BCUT2D eigenvalue weighted by atomic mass is 10.2. The van der Waals surface area contributed by atoms with Gasteiger partial charge in [0, 0.05) is 17.3 Å². The van der Waals surface area contributed by atoms with E-state index >= 15 is 0 Å². The quantitative estimate of drug-likeness (QED) is 0.748. The number of nitrogens with two attached hydrogens (primary N) is 1. The standard InChI is InChI=1S/C14H12FN5/c1-8-6-10(3-4-11(8)15)18-14-17-7-9-2-5-12(16)19-13(9)20-14/h2-7H,1H3,(H3,16,17,18,19,20). The second kappa shape index (κ2) is 4.73. The van der Waals surface area contributed by atoms with E-state index in [4.69, 9.17) is 5.73 Å². The number of hydrogen-bond acceptors (Lipinski definition) is 5. The molecule has 0 aliphatic carbocycles. The van der Waals surface area contributed by atoms with Crippen molar-refractivity contribution in [3.63, 3.8) is 0 Å². The number of nitrogen functional groups attached to an aromatic ring is 1. The maximum absolute atomic E-state index is 13.2. The number of rotatable bonds is 2. The Balaban J connectivity index is 1.95. The molecule has 6 heteroatoms. The van der Waals surface area contributed by atoms with E-state index in [1.807, 2.05) is 6.07 Å². The molecule has 1 aromatic carbocycles. The maximum atomic E-state index is 13.2. The van der Waals surface area contributed by atoms with E-state index in [1.165, 1.54) is 6.07 Å². The van der Waals surface area contributed by atoms with E-state index in [0.29, 0.717) is 28.7 Å². The largest absolute Gasteiger partial charge is 0.384 e. The molecular weight excluding hydrogens is 257 g/mol. The van der Waals surface area contributed by atoms with Gasteiger partial charge >= 0.3 is 0 Å². The van der Waals surface area contributed by atoms with Crippen LogP contribution in [0.1, 0.15) is 5.56 Å². The molecule has 3 aromatic rings. The van der Waals surface area contributed by atoms with Crippen LogP contribution in [0, 0.1) is 12.7 Å². The number of aromatic nitrogens is 3. The van der Waals surface area contributed by atoms with Crippen LogP contribution in [0.4, 0.5) is 21.8 Å². The zero-order valence-corrected chi connectivity index (χ0v) is 10.8. The van der Waals surface area contributed by atoms with Gasteiger partial charge in [-0.1, -0.05) is 0 Å². The summed E-state index contributed by atoms with van der Waals surface area (Å²) in [7, 11) is 0. The molecule has 0 atom stereocenters. The van der Waals surface area contributed by atoms with Crippen molar-refractivity contribution in [1.82, 2.24) is 15.0 Å². The first-order valence-corrected chi connectivity index (χ1v) is 6.04. The first kappa shape index (κ1) is 12.3. The van der Waals surface area contributed by atoms with Crippen LogP contribution in [0.25, 0.3) is 11.0 Å². The number of halogens is 1. The van der Waals surface area contributed by atoms with Crippen LogP contribution in [-0.4, -0.2) is 15.0 Å². The van der Waals surface area contributed by atoms with Crippen molar-refractivity contribution >= 4 is 28.5 Å². The molecule has 0 fully saturated rings. The van der Waals surface area contributed by atoms with Crippen LogP contribution >= 0.6 is 0 Å². The van der Waals surface area contributed by atoms with Crippen LogP contribution in [0.15, 0.2) is 36.5 Å². The molecule has 0 saturated carbocycles. The van der Waals surface area contributed by atoms with E-state index in [-0.39, 0.29) is 5.82 Å². The Morgan fingerprint density at radius 2 is 2.00 bits per heavy atom. The van der Waals surface area contributed by atoms with Crippen LogP contribution < -0.4 is 11.1 Å². The van der Waals surface area contributed by atoms with Gasteiger partial charge in [-0.15, -0.1) is 0 Å². The first-order valence-electron chi connectivity index (χ1n) is 6.04. The first-order chi connectivity index (χ1) is 9.61. The molecule has 2 aromatic heterocycles. The molecule has 5 nitrogen and oxygen atoms in total. The number of nitrogens with zero attached hydrogens (tertiary/aromatic N) is 3. The molecule has 0 bridgehead atoms. The molecular formula is C14H12FN5. The monoisotopic (exact) mass is 269 g/mol. The minimum atomic E-state index is -0.246. The van der Waals surface area contributed by atoms with Gasteiger partial charge in [0.1, 0.15) is 11.6 Å². The Morgan fingerprint density at radius 3 is 2.80 bits per heavy atom. The molecule has 20 heavy (non-hydrogen) atoms. The number of anilines is 3. The Bertz CT molecular complexity index is 788. The summed E-state index contributed by atoms with van der Waals surface area (Å²) in [5, 5.41) is 3.82. The molecule has 2 heterocycles. The third-order valence-electron chi connectivity index (χ3n) is 2.88. The van der Waals surface area contributed by atoms with Gasteiger partial charge in [0.05, 0.1) is 0 Å². The minimum absolute atomic E-state index is 0.246. The van der Waals surface area contributed by atoms with Gasteiger partial charge in [0.25, 0.3) is 0 Å².